The summed E-state index contributed by atoms with van der Waals surface area (Å²) in [7, 11) is 0. The zero-order valence-corrected chi connectivity index (χ0v) is 9.98. The summed E-state index contributed by atoms with van der Waals surface area (Å²) in [6.45, 7) is 2.51. The third-order valence-electron chi connectivity index (χ3n) is 2.84. The van der Waals surface area contributed by atoms with Gasteiger partial charge in [0.15, 0.2) is 11.6 Å². The summed E-state index contributed by atoms with van der Waals surface area (Å²) in [5, 5.41) is 14.1. The molecule has 0 saturated carbocycles. The lowest BCUT2D eigenvalue weighted by molar-refractivity contribution is 0.165. The molecule has 1 aromatic heterocycles. The number of aromatic nitrogens is 2. The van der Waals surface area contributed by atoms with E-state index >= 15 is 0 Å². The fraction of sp³-hybridized carbons (Fsp3) is 0.308. The van der Waals surface area contributed by atoms with Crippen LogP contribution in [0.2, 0.25) is 0 Å². The van der Waals surface area contributed by atoms with Crippen molar-refractivity contribution in [2.24, 2.45) is 0 Å². The number of aryl methyl sites for hydroxylation is 1. The summed E-state index contributed by atoms with van der Waals surface area (Å²) in [6.07, 6.45) is 0.697. The maximum absolute atomic E-state index is 13.5. The van der Waals surface area contributed by atoms with Crippen molar-refractivity contribution < 1.29 is 13.9 Å². The molecule has 0 aliphatic rings. The van der Waals surface area contributed by atoms with Gasteiger partial charge in [-0.2, -0.15) is 5.10 Å². The van der Waals surface area contributed by atoms with E-state index in [9.17, 15) is 13.9 Å². The van der Waals surface area contributed by atoms with Crippen LogP contribution in [0.5, 0.6) is 0 Å². The van der Waals surface area contributed by atoms with Gasteiger partial charge in [0, 0.05) is 19.2 Å². The maximum Gasteiger partial charge on any atom is 0.162 e. The van der Waals surface area contributed by atoms with Crippen LogP contribution >= 0.6 is 0 Å². The molecule has 1 N–H and O–H groups in total. The number of aliphatic hydroxyl groups is 1. The summed E-state index contributed by atoms with van der Waals surface area (Å²) in [5.41, 5.74) is 0.757. The SMILES string of the molecule is CCn1nccc1C(O)Cc1cccc(F)c1F. The number of rotatable bonds is 4. The lowest BCUT2D eigenvalue weighted by Gasteiger charge is -2.13. The number of hydrogen-bond acceptors (Lipinski definition) is 2. The Balaban J connectivity index is 2.21. The molecule has 0 aliphatic heterocycles. The topological polar surface area (TPSA) is 38.0 Å². The lowest BCUT2D eigenvalue weighted by atomic mass is 10.0. The van der Waals surface area contributed by atoms with Gasteiger partial charge < -0.3 is 5.11 Å². The van der Waals surface area contributed by atoms with Crippen LogP contribution in [0.25, 0.3) is 0 Å². The molecule has 18 heavy (non-hydrogen) atoms. The molecule has 0 saturated heterocycles. The van der Waals surface area contributed by atoms with Crippen molar-refractivity contribution in [1.29, 1.82) is 0 Å². The molecule has 1 atom stereocenters. The summed E-state index contributed by atoms with van der Waals surface area (Å²) in [4.78, 5) is 0. The van der Waals surface area contributed by atoms with Crippen LogP contribution < -0.4 is 0 Å². The van der Waals surface area contributed by atoms with Crippen LogP contribution in [-0.4, -0.2) is 14.9 Å². The molecule has 0 amide bonds. The molecule has 0 bridgehead atoms. The van der Waals surface area contributed by atoms with Crippen LogP contribution in [0.1, 0.15) is 24.3 Å². The predicted molar refractivity (Wildman–Crippen MR) is 62.9 cm³/mol. The molecule has 96 valence electrons. The molecule has 0 radical (unpaired) electrons. The van der Waals surface area contributed by atoms with Crippen molar-refractivity contribution >= 4 is 0 Å². The average Bonchev–Trinajstić information content (AvgIpc) is 2.83. The second kappa shape index (κ2) is 5.27. The van der Waals surface area contributed by atoms with Gasteiger partial charge in [-0.3, -0.25) is 4.68 Å². The van der Waals surface area contributed by atoms with Crippen molar-refractivity contribution in [2.45, 2.75) is 26.0 Å². The first-order valence-corrected chi connectivity index (χ1v) is 5.76. The van der Waals surface area contributed by atoms with Crippen LogP contribution in [0.4, 0.5) is 8.78 Å². The molecule has 1 unspecified atom stereocenters. The van der Waals surface area contributed by atoms with Crippen LogP contribution in [0, 0.1) is 11.6 Å². The Labute approximate surface area is 104 Å². The fourth-order valence-electron chi connectivity index (χ4n) is 1.91. The molecule has 0 spiro atoms. The monoisotopic (exact) mass is 252 g/mol. The molecule has 1 heterocycles. The van der Waals surface area contributed by atoms with Crippen molar-refractivity contribution in [3.8, 4) is 0 Å². The summed E-state index contributed by atoms with van der Waals surface area (Å²) >= 11 is 0. The summed E-state index contributed by atoms with van der Waals surface area (Å²) < 4.78 is 28.1. The maximum atomic E-state index is 13.5. The van der Waals surface area contributed by atoms with Gasteiger partial charge in [0.2, 0.25) is 0 Å². The minimum Gasteiger partial charge on any atom is -0.386 e. The molecule has 2 rings (SSSR count). The van der Waals surface area contributed by atoms with Gasteiger partial charge in [0.05, 0.1) is 11.8 Å². The first-order valence-electron chi connectivity index (χ1n) is 5.76. The quantitative estimate of drug-likeness (QED) is 0.907. The van der Waals surface area contributed by atoms with E-state index in [1.165, 1.54) is 12.1 Å². The first kappa shape index (κ1) is 12.7. The van der Waals surface area contributed by atoms with E-state index < -0.39 is 17.7 Å². The smallest absolute Gasteiger partial charge is 0.162 e. The van der Waals surface area contributed by atoms with Crippen molar-refractivity contribution in [1.82, 2.24) is 9.78 Å². The van der Waals surface area contributed by atoms with Gasteiger partial charge in [-0.1, -0.05) is 12.1 Å². The highest BCUT2D eigenvalue weighted by Gasteiger charge is 2.16. The van der Waals surface area contributed by atoms with Gasteiger partial charge in [0.25, 0.3) is 0 Å². The molecule has 0 aliphatic carbocycles. The van der Waals surface area contributed by atoms with Gasteiger partial charge in [-0.25, -0.2) is 8.78 Å². The van der Waals surface area contributed by atoms with Crippen molar-refractivity contribution in [3.63, 3.8) is 0 Å². The minimum absolute atomic E-state index is 0.0231. The third-order valence-corrected chi connectivity index (χ3v) is 2.84. The van der Waals surface area contributed by atoms with Crippen molar-refractivity contribution in [3.05, 3.63) is 53.4 Å². The second-order valence-electron chi connectivity index (χ2n) is 4.00. The largest absolute Gasteiger partial charge is 0.386 e. The average molecular weight is 252 g/mol. The van der Waals surface area contributed by atoms with Crippen LogP contribution in [0.3, 0.4) is 0 Å². The van der Waals surface area contributed by atoms with E-state index in [0.29, 0.717) is 12.2 Å². The summed E-state index contributed by atoms with van der Waals surface area (Å²) in [6, 6.07) is 5.62. The highest BCUT2D eigenvalue weighted by atomic mass is 19.2. The molecular weight excluding hydrogens is 238 g/mol. The normalized spacial score (nSPS) is 12.7. The van der Waals surface area contributed by atoms with E-state index in [1.54, 1.807) is 16.9 Å². The van der Waals surface area contributed by atoms with Gasteiger partial charge >= 0.3 is 0 Å². The first-order chi connectivity index (χ1) is 8.63. The van der Waals surface area contributed by atoms with Gasteiger partial charge in [0.1, 0.15) is 0 Å². The van der Waals surface area contributed by atoms with E-state index in [2.05, 4.69) is 5.10 Å². The Bertz CT molecular complexity index is 540. The standard InChI is InChI=1S/C13H14F2N2O/c1-2-17-11(6-7-16-17)12(18)8-9-4-3-5-10(14)13(9)15/h3-7,12,18H,2,8H2,1H3. The van der Waals surface area contributed by atoms with E-state index in [0.717, 1.165) is 6.07 Å². The van der Waals surface area contributed by atoms with E-state index in [-0.39, 0.29) is 12.0 Å². The van der Waals surface area contributed by atoms with E-state index in [4.69, 9.17) is 0 Å². The van der Waals surface area contributed by atoms with Crippen LogP contribution in [-0.2, 0) is 13.0 Å². The third kappa shape index (κ3) is 2.41. The Morgan fingerprint density at radius 3 is 2.83 bits per heavy atom. The molecule has 0 fully saturated rings. The molecule has 2 aromatic rings. The van der Waals surface area contributed by atoms with Crippen LogP contribution in [0.15, 0.2) is 30.5 Å². The lowest BCUT2D eigenvalue weighted by Crippen LogP contribution is -2.11. The minimum atomic E-state index is -0.904. The molecule has 1 aromatic carbocycles. The highest BCUT2D eigenvalue weighted by molar-refractivity contribution is 5.21. The molecular formula is C13H14F2N2O. The Kier molecular flexibility index (Phi) is 3.72. The number of aliphatic hydroxyl groups excluding tert-OH is 1. The van der Waals surface area contributed by atoms with Gasteiger partial charge in [-0.15, -0.1) is 0 Å². The predicted octanol–water partition coefficient (Wildman–Crippen LogP) is 2.46. The summed E-state index contributed by atoms with van der Waals surface area (Å²) in [5.74, 6) is -1.80. The Morgan fingerprint density at radius 1 is 1.33 bits per heavy atom. The number of benzene rings is 1. The zero-order valence-electron chi connectivity index (χ0n) is 9.98. The fourth-order valence-corrected chi connectivity index (χ4v) is 1.91. The zero-order chi connectivity index (χ0) is 13.1. The molecule has 5 heteroatoms. The van der Waals surface area contributed by atoms with E-state index in [1.807, 2.05) is 6.92 Å². The Morgan fingerprint density at radius 2 is 2.11 bits per heavy atom. The van der Waals surface area contributed by atoms with Gasteiger partial charge in [-0.05, 0) is 24.6 Å². The number of nitrogens with zero attached hydrogens (tertiary/aromatic N) is 2. The number of halogens is 2. The highest BCUT2D eigenvalue weighted by Crippen LogP contribution is 2.21. The number of hydrogen-bond donors (Lipinski definition) is 1. The second-order valence-corrected chi connectivity index (χ2v) is 4.00. The Hall–Kier alpha value is -1.75. The molecule has 3 nitrogen and oxygen atoms in total. The van der Waals surface area contributed by atoms with Crippen molar-refractivity contribution in [2.75, 3.05) is 0 Å².